The highest BCUT2D eigenvalue weighted by Gasteiger charge is 2.09. The summed E-state index contributed by atoms with van der Waals surface area (Å²) in [6.45, 7) is 0.376. The highest BCUT2D eigenvalue weighted by atomic mass is 35.5. The van der Waals surface area contributed by atoms with Crippen molar-refractivity contribution in [1.82, 2.24) is 20.4 Å². The van der Waals surface area contributed by atoms with E-state index in [-0.39, 0.29) is 16.1 Å². The first kappa shape index (κ1) is 12.8. The van der Waals surface area contributed by atoms with Crippen LogP contribution in [0.2, 0.25) is 10.2 Å². The second kappa shape index (κ2) is 5.79. The Bertz CT molecular complexity index is 545. The van der Waals surface area contributed by atoms with E-state index in [1.165, 1.54) is 18.6 Å². The summed E-state index contributed by atoms with van der Waals surface area (Å²) in [4.78, 5) is 19.3. The monoisotopic (exact) mass is 286 g/mol. The fourth-order valence-electron chi connectivity index (χ4n) is 1.24. The molecule has 2 aromatic rings. The Hall–Kier alpha value is -1.66. The summed E-state index contributed by atoms with van der Waals surface area (Å²) in [6, 6.07) is 1.46. The van der Waals surface area contributed by atoms with Crippen molar-refractivity contribution in [2.75, 3.05) is 6.54 Å². The minimum absolute atomic E-state index is 0.166. The predicted octanol–water partition coefficient (Wildman–Crippen LogP) is 1.74. The number of hydrogen-bond acceptors (Lipinski definition) is 5. The molecule has 1 N–H and O–H groups in total. The van der Waals surface area contributed by atoms with E-state index in [0.29, 0.717) is 24.4 Å². The summed E-state index contributed by atoms with van der Waals surface area (Å²) in [5.41, 5.74) is 0.343. The molecule has 0 saturated heterocycles. The van der Waals surface area contributed by atoms with E-state index in [1.54, 1.807) is 0 Å². The van der Waals surface area contributed by atoms with Gasteiger partial charge in [0.05, 0.1) is 10.6 Å². The van der Waals surface area contributed by atoms with Gasteiger partial charge in [0, 0.05) is 19.2 Å². The van der Waals surface area contributed by atoms with Crippen LogP contribution in [0.15, 0.2) is 23.1 Å². The van der Waals surface area contributed by atoms with Crippen molar-refractivity contribution >= 4 is 29.1 Å². The van der Waals surface area contributed by atoms with Crippen molar-refractivity contribution < 1.29 is 9.32 Å². The number of amides is 1. The first-order valence-corrected chi connectivity index (χ1v) is 5.77. The summed E-state index contributed by atoms with van der Waals surface area (Å²) < 4.78 is 4.79. The maximum Gasteiger partial charge on any atom is 0.252 e. The molecule has 0 spiro atoms. The van der Waals surface area contributed by atoms with Crippen molar-refractivity contribution in [2.24, 2.45) is 0 Å². The summed E-state index contributed by atoms with van der Waals surface area (Å²) in [6.07, 6.45) is 3.12. The van der Waals surface area contributed by atoms with Gasteiger partial charge in [-0.1, -0.05) is 28.4 Å². The highest BCUT2D eigenvalue weighted by molar-refractivity contribution is 6.41. The maximum absolute atomic E-state index is 11.7. The van der Waals surface area contributed by atoms with Crippen LogP contribution in [0.5, 0.6) is 0 Å². The Morgan fingerprint density at radius 3 is 2.89 bits per heavy atom. The van der Waals surface area contributed by atoms with Crippen LogP contribution in [0.4, 0.5) is 0 Å². The van der Waals surface area contributed by atoms with Gasteiger partial charge < -0.3 is 9.84 Å². The van der Waals surface area contributed by atoms with Crippen molar-refractivity contribution in [1.29, 1.82) is 0 Å². The summed E-state index contributed by atoms with van der Waals surface area (Å²) in [5, 5.41) is 6.54. The van der Waals surface area contributed by atoms with Crippen molar-refractivity contribution in [3.8, 4) is 0 Å². The minimum atomic E-state index is -0.291. The molecule has 0 fully saturated rings. The Morgan fingerprint density at radius 1 is 1.39 bits per heavy atom. The average Bonchev–Trinajstić information content (AvgIpc) is 2.85. The maximum atomic E-state index is 11.7. The molecular formula is C10H8Cl2N4O2. The molecule has 0 saturated carbocycles. The molecule has 94 valence electrons. The van der Waals surface area contributed by atoms with E-state index in [4.69, 9.17) is 27.7 Å². The molecule has 2 heterocycles. The van der Waals surface area contributed by atoms with Crippen LogP contribution in [-0.2, 0) is 6.42 Å². The number of carbonyl (C=O) groups excluding carboxylic acids is 1. The molecule has 0 aliphatic heterocycles. The third-order valence-electron chi connectivity index (χ3n) is 2.09. The lowest BCUT2D eigenvalue weighted by Gasteiger charge is -2.04. The van der Waals surface area contributed by atoms with Gasteiger partial charge in [-0.2, -0.15) is 4.98 Å². The predicted molar refractivity (Wildman–Crippen MR) is 64.6 cm³/mol. The molecular weight excluding hydrogens is 279 g/mol. The van der Waals surface area contributed by atoms with E-state index in [9.17, 15) is 4.79 Å². The van der Waals surface area contributed by atoms with E-state index in [2.05, 4.69) is 20.4 Å². The number of aromatic nitrogens is 3. The number of pyridine rings is 1. The van der Waals surface area contributed by atoms with Crippen LogP contribution >= 0.6 is 23.2 Å². The quantitative estimate of drug-likeness (QED) is 0.866. The number of nitrogens with one attached hydrogen (secondary N) is 1. The number of nitrogens with zero attached hydrogens (tertiary/aromatic N) is 3. The summed E-state index contributed by atoms with van der Waals surface area (Å²) in [7, 11) is 0. The molecule has 1 amide bonds. The molecule has 6 nitrogen and oxygen atoms in total. The Morgan fingerprint density at radius 2 is 2.22 bits per heavy atom. The highest BCUT2D eigenvalue weighted by Crippen LogP contribution is 2.19. The molecule has 18 heavy (non-hydrogen) atoms. The standard InChI is InChI=1S/C10H8Cl2N4O2/c11-7-3-6(4-14-9(7)12)10(17)13-2-1-8-15-5-16-18-8/h3-5H,1-2H2,(H,13,17). The molecule has 8 heteroatoms. The van der Waals surface area contributed by atoms with E-state index in [1.807, 2.05) is 0 Å². The third kappa shape index (κ3) is 3.18. The molecule has 0 aromatic carbocycles. The van der Waals surface area contributed by atoms with Gasteiger partial charge in [0.2, 0.25) is 5.89 Å². The molecule has 0 unspecified atom stereocenters. The number of rotatable bonds is 4. The summed E-state index contributed by atoms with van der Waals surface area (Å²) in [5.74, 6) is 0.170. The molecule has 0 atom stereocenters. The molecule has 0 bridgehead atoms. The zero-order valence-corrected chi connectivity index (χ0v) is 10.6. The van der Waals surface area contributed by atoms with Crippen molar-refractivity contribution in [3.63, 3.8) is 0 Å². The van der Waals surface area contributed by atoms with Gasteiger partial charge >= 0.3 is 0 Å². The second-order valence-corrected chi connectivity index (χ2v) is 4.10. The second-order valence-electron chi connectivity index (χ2n) is 3.34. The smallest absolute Gasteiger partial charge is 0.252 e. The van der Waals surface area contributed by atoms with Gasteiger partial charge in [-0.15, -0.1) is 0 Å². The molecule has 2 aromatic heterocycles. The number of halogens is 2. The number of carbonyl (C=O) groups is 1. The normalized spacial score (nSPS) is 10.3. The fraction of sp³-hybridized carbons (Fsp3) is 0.200. The topological polar surface area (TPSA) is 80.9 Å². The van der Waals surface area contributed by atoms with Crippen LogP contribution in [0, 0.1) is 0 Å². The lowest BCUT2D eigenvalue weighted by molar-refractivity contribution is 0.0953. The van der Waals surface area contributed by atoms with Gasteiger partial charge in [-0.05, 0) is 6.07 Å². The van der Waals surface area contributed by atoms with Gasteiger partial charge in [-0.3, -0.25) is 4.79 Å². The van der Waals surface area contributed by atoms with Crippen molar-refractivity contribution in [3.05, 3.63) is 40.2 Å². The van der Waals surface area contributed by atoms with Crippen LogP contribution in [0.25, 0.3) is 0 Å². The lowest BCUT2D eigenvalue weighted by atomic mass is 10.2. The Kier molecular flexibility index (Phi) is 4.11. The van der Waals surface area contributed by atoms with Crippen LogP contribution in [-0.4, -0.2) is 27.6 Å². The fourth-order valence-corrected chi connectivity index (χ4v) is 1.51. The summed E-state index contributed by atoms with van der Waals surface area (Å²) >= 11 is 11.4. The minimum Gasteiger partial charge on any atom is -0.351 e. The van der Waals surface area contributed by atoms with Gasteiger partial charge in [0.1, 0.15) is 5.15 Å². The van der Waals surface area contributed by atoms with E-state index < -0.39 is 0 Å². The molecule has 0 aliphatic carbocycles. The zero-order valence-electron chi connectivity index (χ0n) is 9.06. The van der Waals surface area contributed by atoms with Gasteiger partial charge in [-0.25, -0.2) is 4.98 Å². The first-order chi connectivity index (χ1) is 8.66. The molecule has 2 rings (SSSR count). The molecule has 0 aliphatic rings. The SMILES string of the molecule is O=C(NCCc1ncno1)c1cnc(Cl)c(Cl)c1. The van der Waals surface area contributed by atoms with E-state index >= 15 is 0 Å². The van der Waals surface area contributed by atoms with E-state index in [0.717, 1.165) is 0 Å². The lowest BCUT2D eigenvalue weighted by Crippen LogP contribution is -2.25. The Labute approximate surface area is 112 Å². The Balaban J connectivity index is 1.89. The molecule has 0 radical (unpaired) electrons. The van der Waals surface area contributed by atoms with Gasteiger partial charge in [0.15, 0.2) is 6.33 Å². The average molecular weight is 287 g/mol. The van der Waals surface area contributed by atoms with Crippen LogP contribution < -0.4 is 5.32 Å². The van der Waals surface area contributed by atoms with Crippen LogP contribution in [0.3, 0.4) is 0 Å². The van der Waals surface area contributed by atoms with Gasteiger partial charge in [0.25, 0.3) is 5.91 Å². The first-order valence-electron chi connectivity index (χ1n) is 5.01. The van der Waals surface area contributed by atoms with Crippen molar-refractivity contribution in [2.45, 2.75) is 6.42 Å². The number of hydrogen-bond donors (Lipinski definition) is 1. The zero-order chi connectivity index (χ0) is 13.0. The largest absolute Gasteiger partial charge is 0.351 e. The third-order valence-corrected chi connectivity index (χ3v) is 2.78. The van der Waals surface area contributed by atoms with Crippen LogP contribution in [0.1, 0.15) is 16.2 Å².